The Kier molecular flexibility index (Phi) is 6.49. The maximum atomic E-state index is 13.3. The third-order valence-corrected chi connectivity index (χ3v) is 6.66. The number of H-pyrrole nitrogens is 1. The molecule has 0 bridgehead atoms. The summed E-state index contributed by atoms with van der Waals surface area (Å²) in [5, 5.41) is 6.31. The van der Waals surface area contributed by atoms with Crippen molar-refractivity contribution in [3.63, 3.8) is 0 Å². The molecule has 4 aromatic rings. The van der Waals surface area contributed by atoms with E-state index in [1.807, 2.05) is 38.1 Å². The number of carbonyl (C=O) groups is 2. The second-order valence-electron chi connectivity index (χ2n) is 8.04. The number of rotatable bonds is 6. The molecule has 4 rings (SSSR count). The van der Waals surface area contributed by atoms with E-state index in [4.69, 9.17) is 11.6 Å². The summed E-state index contributed by atoms with van der Waals surface area (Å²) in [7, 11) is 0. The van der Waals surface area contributed by atoms with Gasteiger partial charge in [0, 0.05) is 0 Å². The summed E-state index contributed by atoms with van der Waals surface area (Å²) >= 11 is 7.14. The minimum absolute atomic E-state index is 0.0179. The van der Waals surface area contributed by atoms with Crippen molar-refractivity contribution >= 4 is 50.8 Å². The van der Waals surface area contributed by atoms with Gasteiger partial charge in [-0.15, -0.1) is 11.3 Å². The second-order valence-corrected chi connectivity index (χ2v) is 9.49. The molecular formula is C24H22ClFN4O2S. The van der Waals surface area contributed by atoms with Gasteiger partial charge in [0.25, 0.3) is 11.8 Å². The molecule has 2 heterocycles. The van der Waals surface area contributed by atoms with E-state index in [1.165, 1.54) is 12.1 Å². The summed E-state index contributed by atoms with van der Waals surface area (Å²) in [6, 6.07) is 12.7. The number of para-hydroxylation sites is 2. The van der Waals surface area contributed by atoms with E-state index in [0.29, 0.717) is 15.7 Å². The number of thiophene rings is 1. The highest BCUT2D eigenvalue weighted by atomic mass is 35.5. The fourth-order valence-electron chi connectivity index (χ4n) is 3.50. The van der Waals surface area contributed by atoms with Gasteiger partial charge in [0.05, 0.1) is 37.5 Å². The van der Waals surface area contributed by atoms with Crippen molar-refractivity contribution in [1.29, 1.82) is 0 Å². The molecular weight excluding hydrogens is 463 g/mol. The number of imidazole rings is 1. The van der Waals surface area contributed by atoms with Gasteiger partial charge < -0.3 is 15.6 Å². The number of amides is 2. The topological polar surface area (TPSA) is 86.9 Å². The molecule has 0 radical (unpaired) electrons. The van der Waals surface area contributed by atoms with E-state index in [9.17, 15) is 14.0 Å². The van der Waals surface area contributed by atoms with Crippen LogP contribution in [0.5, 0.6) is 0 Å². The van der Waals surface area contributed by atoms with Crippen LogP contribution in [0.25, 0.3) is 11.0 Å². The standard InChI is InChI=1S/C24H22ClFN4O2S/c1-12(2)20(22-27-17-6-4-5-7-18(17)28-22)30-24(32)21-13(3)10-19(33-21)29-23(31)15-9-8-14(26)11-16(15)25/h4-12,20H,1-3H3,(H,27,28)(H,29,31)(H,30,32). The lowest BCUT2D eigenvalue weighted by Gasteiger charge is -2.20. The molecule has 0 saturated heterocycles. The van der Waals surface area contributed by atoms with E-state index in [1.54, 1.807) is 13.0 Å². The fourth-order valence-corrected chi connectivity index (χ4v) is 4.72. The highest BCUT2D eigenvalue weighted by Crippen LogP contribution is 2.30. The number of carbonyl (C=O) groups excluding carboxylic acids is 2. The highest BCUT2D eigenvalue weighted by Gasteiger charge is 2.24. The number of hydrogen-bond donors (Lipinski definition) is 3. The van der Waals surface area contributed by atoms with Gasteiger partial charge in [-0.1, -0.05) is 37.6 Å². The van der Waals surface area contributed by atoms with Crippen LogP contribution in [0.1, 0.15) is 51.3 Å². The summed E-state index contributed by atoms with van der Waals surface area (Å²) in [5.74, 6) is -0.470. The molecule has 3 N–H and O–H groups in total. The zero-order chi connectivity index (χ0) is 23.7. The van der Waals surface area contributed by atoms with E-state index in [2.05, 4.69) is 20.6 Å². The molecule has 2 aromatic heterocycles. The van der Waals surface area contributed by atoms with Gasteiger partial charge in [-0.2, -0.15) is 0 Å². The quantitative estimate of drug-likeness (QED) is 0.309. The van der Waals surface area contributed by atoms with Crippen LogP contribution in [0, 0.1) is 18.7 Å². The van der Waals surface area contributed by atoms with Crippen LogP contribution in [-0.2, 0) is 0 Å². The van der Waals surface area contributed by atoms with Crippen LogP contribution in [0.4, 0.5) is 9.39 Å². The van der Waals surface area contributed by atoms with Crippen molar-refractivity contribution in [1.82, 2.24) is 15.3 Å². The minimum atomic E-state index is -0.522. The predicted molar refractivity (Wildman–Crippen MR) is 130 cm³/mol. The molecule has 0 aliphatic carbocycles. The monoisotopic (exact) mass is 484 g/mol. The average molecular weight is 485 g/mol. The molecule has 2 amide bonds. The van der Waals surface area contributed by atoms with Crippen molar-refractivity contribution in [2.75, 3.05) is 5.32 Å². The van der Waals surface area contributed by atoms with Crippen molar-refractivity contribution in [3.05, 3.63) is 81.2 Å². The first kappa shape index (κ1) is 22.9. The molecule has 0 saturated carbocycles. The lowest BCUT2D eigenvalue weighted by Crippen LogP contribution is -2.32. The largest absolute Gasteiger partial charge is 0.341 e. The maximum Gasteiger partial charge on any atom is 0.262 e. The van der Waals surface area contributed by atoms with Crippen LogP contribution in [0.2, 0.25) is 5.02 Å². The third kappa shape index (κ3) is 4.91. The van der Waals surface area contributed by atoms with Crippen LogP contribution in [0.3, 0.4) is 0 Å². The number of nitrogens with one attached hydrogen (secondary N) is 3. The zero-order valence-corrected chi connectivity index (χ0v) is 19.8. The lowest BCUT2D eigenvalue weighted by atomic mass is 10.0. The van der Waals surface area contributed by atoms with Crippen molar-refractivity contribution in [3.8, 4) is 0 Å². The molecule has 0 fully saturated rings. The summed E-state index contributed by atoms with van der Waals surface area (Å²) in [6.07, 6.45) is 0. The van der Waals surface area contributed by atoms with Crippen molar-refractivity contribution in [2.24, 2.45) is 5.92 Å². The van der Waals surface area contributed by atoms with Gasteiger partial charge in [-0.3, -0.25) is 9.59 Å². The van der Waals surface area contributed by atoms with Crippen molar-refractivity contribution in [2.45, 2.75) is 26.8 Å². The number of anilines is 1. The summed E-state index contributed by atoms with van der Waals surface area (Å²) in [6.45, 7) is 5.83. The number of hydrogen-bond acceptors (Lipinski definition) is 4. The van der Waals surface area contributed by atoms with Gasteiger partial charge in [-0.25, -0.2) is 9.37 Å². The molecule has 6 nitrogen and oxygen atoms in total. The normalized spacial score (nSPS) is 12.2. The summed E-state index contributed by atoms with van der Waals surface area (Å²) in [4.78, 5) is 34.1. The van der Waals surface area contributed by atoms with Crippen LogP contribution < -0.4 is 10.6 Å². The van der Waals surface area contributed by atoms with E-state index >= 15 is 0 Å². The third-order valence-electron chi connectivity index (χ3n) is 5.19. The number of halogens is 2. The second kappa shape index (κ2) is 9.33. The van der Waals surface area contributed by atoms with E-state index in [0.717, 1.165) is 34.0 Å². The SMILES string of the molecule is Cc1cc(NC(=O)c2ccc(F)cc2Cl)sc1C(=O)NC(c1nc2ccccc2[nH]1)C(C)C. The van der Waals surface area contributed by atoms with Crippen LogP contribution in [-0.4, -0.2) is 21.8 Å². The Morgan fingerprint density at radius 1 is 1.12 bits per heavy atom. The number of nitrogens with zero attached hydrogens (tertiary/aromatic N) is 1. The number of aryl methyl sites for hydroxylation is 1. The Morgan fingerprint density at radius 2 is 1.88 bits per heavy atom. The Hall–Kier alpha value is -3.23. The molecule has 33 heavy (non-hydrogen) atoms. The Balaban J connectivity index is 1.52. The van der Waals surface area contributed by atoms with Crippen LogP contribution in [0.15, 0.2) is 48.5 Å². The predicted octanol–water partition coefficient (Wildman–Crippen LogP) is 6.10. The first-order chi connectivity index (χ1) is 15.7. The first-order valence-electron chi connectivity index (χ1n) is 10.3. The van der Waals surface area contributed by atoms with E-state index < -0.39 is 11.7 Å². The highest BCUT2D eigenvalue weighted by molar-refractivity contribution is 7.18. The molecule has 170 valence electrons. The van der Waals surface area contributed by atoms with Crippen LogP contribution >= 0.6 is 22.9 Å². The number of aromatic amines is 1. The van der Waals surface area contributed by atoms with Gasteiger partial charge in [-0.05, 0) is 54.8 Å². The van der Waals surface area contributed by atoms with Gasteiger partial charge in [0.15, 0.2) is 0 Å². The zero-order valence-electron chi connectivity index (χ0n) is 18.2. The van der Waals surface area contributed by atoms with E-state index in [-0.39, 0.29) is 28.5 Å². The lowest BCUT2D eigenvalue weighted by molar-refractivity contribution is 0.0926. The smallest absolute Gasteiger partial charge is 0.262 e. The van der Waals surface area contributed by atoms with Gasteiger partial charge in [0.1, 0.15) is 11.6 Å². The molecule has 0 aliphatic heterocycles. The fraction of sp³-hybridized carbons (Fsp3) is 0.208. The molecule has 1 atom stereocenters. The Labute approximate surface area is 199 Å². The molecule has 9 heteroatoms. The maximum absolute atomic E-state index is 13.3. The number of fused-ring (bicyclic) bond motifs is 1. The Morgan fingerprint density at radius 3 is 2.58 bits per heavy atom. The molecule has 0 aliphatic rings. The average Bonchev–Trinajstić information content (AvgIpc) is 3.34. The van der Waals surface area contributed by atoms with Gasteiger partial charge >= 0.3 is 0 Å². The number of aromatic nitrogens is 2. The minimum Gasteiger partial charge on any atom is -0.341 e. The Bertz CT molecular complexity index is 1310. The van der Waals surface area contributed by atoms with Crippen molar-refractivity contribution < 1.29 is 14.0 Å². The summed E-state index contributed by atoms with van der Waals surface area (Å²) in [5.41, 5.74) is 2.62. The number of benzene rings is 2. The molecule has 1 unspecified atom stereocenters. The van der Waals surface area contributed by atoms with Gasteiger partial charge in [0.2, 0.25) is 0 Å². The summed E-state index contributed by atoms with van der Waals surface area (Å²) < 4.78 is 13.3. The molecule has 2 aromatic carbocycles. The molecule has 0 spiro atoms. The first-order valence-corrected chi connectivity index (χ1v) is 11.5.